The lowest BCUT2D eigenvalue weighted by Crippen LogP contribution is -2.45. The van der Waals surface area contributed by atoms with E-state index in [1.807, 2.05) is 29.2 Å². The first-order chi connectivity index (χ1) is 11.8. The van der Waals surface area contributed by atoms with Crippen molar-refractivity contribution in [2.75, 3.05) is 19.3 Å². The maximum absolute atomic E-state index is 13.1. The van der Waals surface area contributed by atoms with E-state index in [2.05, 4.69) is 6.92 Å². The number of rotatable bonds is 5. The van der Waals surface area contributed by atoms with Gasteiger partial charge in [-0.2, -0.15) is 0 Å². The summed E-state index contributed by atoms with van der Waals surface area (Å²) in [5, 5.41) is 0.688. The van der Waals surface area contributed by atoms with Gasteiger partial charge in [0, 0.05) is 30.1 Å². The van der Waals surface area contributed by atoms with Gasteiger partial charge >= 0.3 is 0 Å². The Bertz CT molecular complexity index is 723. The van der Waals surface area contributed by atoms with Gasteiger partial charge in [-0.05, 0) is 50.3 Å². The smallest absolute Gasteiger partial charge is 0.226 e. The van der Waals surface area contributed by atoms with Crippen LogP contribution in [-0.4, -0.2) is 48.9 Å². The molecule has 2 aliphatic rings. The highest BCUT2D eigenvalue weighted by Gasteiger charge is 2.40. The number of piperidine rings is 1. The summed E-state index contributed by atoms with van der Waals surface area (Å²) in [6.07, 6.45) is 4.52. The minimum atomic E-state index is -3.17. The van der Waals surface area contributed by atoms with Gasteiger partial charge in [-0.15, -0.1) is 0 Å². The van der Waals surface area contributed by atoms with Crippen LogP contribution < -0.4 is 0 Å². The summed E-state index contributed by atoms with van der Waals surface area (Å²) in [6, 6.07) is 7.97. The van der Waals surface area contributed by atoms with E-state index < -0.39 is 10.0 Å². The largest absolute Gasteiger partial charge is 0.333 e. The number of carbonyl (C=O) groups is 1. The monoisotopic (exact) mass is 384 g/mol. The first-order valence-electron chi connectivity index (χ1n) is 8.80. The molecular formula is C18H25ClN2O3S. The van der Waals surface area contributed by atoms with Gasteiger partial charge < -0.3 is 4.90 Å². The number of benzene rings is 1. The molecule has 1 atom stereocenters. The number of sulfonamides is 1. The summed E-state index contributed by atoms with van der Waals surface area (Å²) < 4.78 is 24.8. The average molecular weight is 385 g/mol. The van der Waals surface area contributed by atoms with E-state index >= 15 is 0 Å². The fourth-order valence-electron chi connectivity index (χ4n) is 3.59. The molecule has 138 valence electrons. The third-order valence-corrected chi connectivity index (χ3v) is 6.79. The van der Waals surface area contributed by atoms with E-state index in [0.717, 1.165) is 18.4 Å². The zero-order valence-electron chi connectivity index (χ0n) is 14.7. The second-order valence-corrected chi connectivity index (χ2v) is 9.56. The van der Waals surface area contributed by atoms with Gasteiger partial charge in [0.15, 0.2) is 0 Å². The second kappa shape index (κ2) is 7.25. The van der Waals surface area contributed by atoms with E-state index in [1.54, 1.807) is 0 Å². The highest BCUT2D eigenvalue weighted by atomic mass is 35.5. The Kier molecular flexibility index (Phi) is 5.42. The van der Waals surface area contributed by atoms with E-state index in [1.165, 1.54) is 10.6 Å². The molecule has 0 spiro atoms. The number of amides is 1. The number of halogens is 1. The number of nitrogens with zero attached hydrogens (tertiary/aromatic N) is 2. The standard InChI is InChI=1S/C18H25ClN2O3S/c1-13(14-3-5-16(19)6-4-14)21(17-7-8-17)18(22)15-9-11-20(12-10-15)25(2,23)24/h3-6,13,15,17H,7-12H2,1-2H3. The van der Waals surface area contributed by atoms with Crippen molar-refractivity contribution < 1.29 is 13.2 Å². The van der Waals surface area contributed by atoms with E-state index in [4.69, 9.17) is 11.6 Å². The second-order valence-electron chi connectivity index (χ2n) is 7.14. The average Bonchev–Trinajstić information content (AvgIpc) is 3.39. The highest BCUT2D eigenvalue weighted by Crippen LogP contribution is 2.37. The van der Waals surface area contributed by atoms with Crippen LogP contribution in [0, 0.1) is 5.92 Å². The fourth-order valence-corrected chi connectivity index (χ4v) is 4.59. The molecule has 1 aromatic carbocycles. The molecule has 1 unspecified atom stereocenters. The van der Waals surface area contributed by atoms with Crippen LogP contribution >= 0.6 is 11.6 Å². The van der Waals surface area contributed by atoms with Crippen LogP contribution in [0.4, 0.5) is 0 Å². The van der Waals surface area contributed by atoms with E-state index in [9.17, 15) is 13.2 Å². The molecule has 1 saturated heterocycles. The summed E-state index contributed by atoms with van der Waals surface area (Å²) in [4.78, 5) is 15.2. The molecule has 1 heterocycles. The molecule has 0 N–H and O–H groups in total. The Morgan fingerprint density at radius 2 is 1.72 bits per heavy atom. The van der Waals surface area contributed by atoms with Gasteiger partial charge in [0.1, 0.15) is 0 Å². The van der Waals surface area contributed by atoms with Crippen molar-refractivity contribution in [1.82, 2.24) is 9.21 Å². The zero-order chi connectivity index (χ0) is 18.2. The topological polar surface area (TPSA) is 57.7 Å². The van der Waals surface area contributed by atoms with Crippen molar-refractivity contribution in [3.63, 3.8) is 0 Å². The van der Waals surface area contributed by atoms with Crippen LogP contribution in [0.25, 0.3) is 0 Å². The first-order valence-corrected chi connectivity index (χ1v) is 11.0. The number of carbonyl (C=O) groups excluding carboxylic acids is 1. The lowest BCUT2D eigenvalue weighted by atomic mass is 9.95. The molecule has 1 saturated carbocycles. The normalized spacial score (nSPS) is 21.1. The van der Waals surface area contributed by atoms with Crippen LogP contribution in [0.5, 0.6) is 0 Å². The lowest BCUT2D eigenvalue weighted by Gasteiger charge is -2.36. The Morgan fingerprint density at radius 3 is 2.20 bits per heavy atom. The number of hydrogen-bond donors (Lipinski definition) is 0. The quantitative estimate of drug-likeness (QED) is 0.783. The summed E-state index contributed by atoms with van der Waals surface area (Å²) in [6.45, 7) is 2.93. The van der Waals surface area contributed by atoms with Crippen molar-refractivity contribution in [2.45, 2.75) is 44.7 Å². The third-order valence-electron chi connectivity index (χ3n) is 5.24. The molecule has 0 bridgehead atoms. The Hall–Kier alpha value is -1.11. The lowest BCUT2D eigenvalue weighted by molar-refractivity contribution is -0.139. The maximum Gasteiger partial charge on any atom is 0.226 e. The van der Waals surface area contributed by atoms with Crippen molar-refractivity contribution in [3.8, 4) is 0 Å². The summed E-state index contributed by atoms with van der Waals surface area (Å²) in [5.41, 5.74) is 1.08. The molecule has 0 aromatic heterocycles. The van der Waals surface area contributed by atoms with E-state index in [-0.39, 0.29) is 17.9 Å². The molecule has 5 nitrogen and oxygen atoms in total. The third kappa shape index (κ3) is 4.36. The SMILES string of the molecule is CC(c1ccc(Cl)cc1)N(C(=O)C1CCN(S(C)(=O)=O)CC1)C1CC1. The van der Waals surface area contributed by atoms with Gasteiger partial charge in [0.2, 0.25) is 15.9 Å². The molecule has 1 amide bonds. The summed E-state index contributed by atoms with van der Waals surface area (Å²) in [7, 11) is -3.17. The molecule has 25 heavy (non-hydrogen) atoms. The van der Waals surface area contributed by atoms with Gasteiger partial charge in [-0.3, -0.25) is 4.79 Å². The van der Waals surface area contributed by atoms with Gasteiger partial charge in [-0.25, -0.2) is 12.7 Å². The van der Waals surface area contributed by atoms with Crippen molar-refractivity contribution >= 4 is 27.5 Å². The Balaban J connectivity index is 1.71. The molecule has 7 heteroatoms. The van der Waals surface area contributed by atoms with Crippen LogP contribution in [0.15, 0.2) is 24.3 Å². The van der Waals surface area contributed by atoms with Gasteiger partial charge in [-0.1, -0.05) is 23.7 Å². The van der Waals surface area contributed by atoms with Crippen LogP contribution in [0.3, 0.4) is 0 Å². The van der Waals surface area contributed by atoms with Gasteiger partial charge in [0.05, 0.1) is 12.3 Å². The number of hydrogen-bond acceptors (Lipinski definition) is 3. The minimum absolute atomic E-state index is 0.00482. The minimum Gasteiger partial charge on any atom is -0.333 e. The predicted octanol–water partition coefficient (Wildman–Crippen LogP) is 3.06. The van der Waals surface area contributed by atoms with Crippen LogP contribution in [-0.2, 0) is 14.8 Å². The molecule has 1 aliphatic carbocycles. The molecular weight excluding hydrogens is 360 g/mol. The van der Waals surface area contributed by atoms with Crippen molar-refractivity contribution in [1.29, 1.82) is 0 Å². The maximum atomic E-state index is 13.1. The predicted molar refractivity (Wildman–Crippen MR) is 98.9 cm³/mol. The molecule has 3 rings (SSSR count). The molecule has 1 aromatic rings. The van der Waals surface area contributed by atoms with E-state index in [0.29, 0.717) is 37.0 Å². The van der Waals surface area contributed by atoms with Crippen LogP contribution in [0.2, 0.25) is 5.02 Å². The highest BCUT2D eigenvalue weighted by molar-refractivity contribution is 7.88. The first kappa shape index (κ1) is 18.7. The van der Waals surface area contributed by atoms with Gasteiger partial charge in [0.25, 0.3) is 0 Å². The molecule has 2 fully saturated rings. The van der Waals surface area contributed by atoms with Crippen molar-refractivity contribution in [2.24, 2.45) is 5.92 Å². The Labute approximate surface area is 155 Å². The van der Waals surface area contributed by atoms with Crippen LogP contribution in [0.1, 0.15) is 44.2 Å². The zero-order valence-corrected chi connectivity index (χ0v) is 16.3. The Morgan fingerprint density at radius 1 is 1.16 bits per heavy atom. The molecule has 1 aliphatic heterocycles. The fraction of sp³-hybridized carbons (Fsp3) is 0.611. The summed E-state index contributed by atoms with van der Waals surface area (Å²) >= 11 is 5.97. The van der Waals surface area contributed by atoms with Crippen molar-refractivity contribution in [3.05, 3.63) is 34.9 Å². The summed E-state index contributed by atoms with van der Waals surface area (Å²) in [5.74, 6) is 0.0754. The molecule has 0 radical (unpaired) electrons.